The number of halogens is 3. The molecule has 1 unspecified atom stereocenters. The molecule has 0 fully saturated rings. The number of hydrogen-bond acceptors (Lipinski definition) is 3. The molecule has 0 aliphatic carbocycles. The van der Waals surface area contributed by atoms with E-state index < -0.39 is 11.7 Å². The first-order valence-electron chi connectivity index (χ1n) is 5.44. The van der Waals surface area contributed by atoms with Gasteiger partial charge in [0.15, 0.2) is 0 Å². The van der Waals surface area contributed by atoms with Gasteiger partial charge in [0.2, 0.25) is 0 Å². The largest absolute Gasteiger partial charge is 0.416 e. The molecule has 2 rings (SSSR count). The molecule has 18 heavy (non-hydrogen) atoms. The molecule has 0 saturated carbocycles. The van der Waals surface area contributed by atoms with Crippen molar-refractivity contribution in [1.29, 1.82) is 0 Å². The molecule has 96 valence electrons. The Morgan fingerprint density at radius 3 is 2.61 bits per heavy atom. The first-order chi connectivity index (χ1) is 8.38. The molecule has 0 spiro atoms. The monoisotopic (exact) mass is 255 g/mol. The minimum atomic E-state index is -4.36. The molecule has 0 amide bonds. The van der Waals surface area contributed by atoms with Gasteiger partial charge in [-0.05, 0) is 19.1 Å². The van der Waals surface area contributed by atoms with Crippen molar-refractivity contribution < 1.29 is 13.2 Å². The van der Waals surface area contributed by atoms with E-state index >= 15 is 0 Å². The third-order valence-corrected chi connectivity index (χ3v) is 2.56. The van der Waals surface area contributed by atoms with Crippen molar-refractivity contribution in [3.8, 4) is 0 Å². The van der Waals surface area contributed by atoms with Crippen molar-refractivity contribution in [2.75, 3.05) is 0 Å². The molecule has 1 aromatic carbocycles. The third kappa shape index (κ3) is 2.59. The van der Waals surface area contributed by atoms with E-state index in [2.05, 4.69) is 9.97 Å². The first-order valence-corrected chi connectivity index (χ1v) is 5.44. The third-order valence-electron chi connectivity index (χ3n) is 2.56. The summed E-state index contributed by atoms with van der Waals surface area (Å²) < 4.78 is 37.7. The molecule has 1 atom stereocenters. The zero-order valence-corrected chi connectivity index (χ0v) is 9.70. The summed E-state index contributed by atoms with van der Waals surface area (Å²) in [7, 11) is 0. The second-order valence-electron chi connectivity index (χ2n) is 4.23. The van der Waals surface area contributed by atoms with E-state index in [0.717, 1.165) is 12.1 Å². The SMILES string of the molecule is CC(N)Cc1ncnc2cc(C(F)(F)F)ccc12. The Balaban J connectivity index is 2.53. The standard InChI is InChI=1S/C12H12F3N3/c1-7(16)4-10-9-3-2-8(12(13,14)15)5-11(9)18-6-17-10/h2-3,5-7H,4,16H2,1H3. The molecule has 2 aromatic rings. The number of alkyl halides is 3. The zero-order valence-electron chi connectivity index (χ0n) is 9.70. The van der Waals surface area contributed by atoms with Gasteiger partial charge in [-0.25, -0.2) is 9.97 Å². The number of aromatic nitrogens is 2. The van der Waals surface area contributed by atoms with Gasteiger partial charge < -0.3 is 5.73 Å². The van der Waals surface area contributed by atoms with Crippen LogP contribution in [0.5, 0.6) is 0 Å². The Bertz CT molecular complexity index is 564. The highest BCUT2D eigenvalue weighted by atomic mass is 19.4. The highest BCUT2D eigenvalue weighted by Gasteiger charge is 2.30. The van der Waals surface area contributed by atoms with Crippen LogP contribution in [-0.2, 0) is 12.6 Å². The fraction of sp³-hybridized carbons (Fsp3) is 0.333. The average molecular weight is 255 g/mol. The summed E-state index contributed by atoms with van der Waals surface area (Å²) in [6.45, 7) is 1.82. The molecule has 6 heteroatoms. The predicted molar refractivity (Wildman–Crippen MR) is 61.9 cm³/mol. The normalized spacial score (nSPS) is 13.8. The highest BCUT2D eigenvalue weighted by Crippen LogP contribution is 2.31. The Labute approximate surface area is 102 Å². The van der Waals surface area contributed by atoms with Crippen LogP contribution in [0, 0.1) is 0 Å². The van der Waals surface area contributed by atoms with Crippen molar-refractivity contribution in [2.24, 2.45) is 5.73 Å². The van der Waals surface area contributed by atoms with Crippen LogP contribution in [0.15, 0.2) is 24.5 Å². The van der Waals surface area contributed by atoms with E-state index in [-0.39, 0.29) is 11.6 Å². The van der Waals surface area contributed by atoms with Gasteiger partial charge in [0.1, 0.15) is 6.33 Å². The molecule has 0 radical (unpaired) electrons. The maximum atomic E-state index is 12.6. The summed E-state index contributed by atoms with van der Waals surface area (Å²) >= 11 is 0. The molecule has 3 nitrogen and oxygen atoms in total. The number of benzene rings is 1. The molecule has 0 aliphatic heterocycles. The van der Waals surface area contributed by atoms with Crippen LogP contribution in [0.2, 0.25) is 0 Å². The van der Waals surface area contributed by atoms with E-state index in [9.17, 15) is 13.2 Å². The molecule has 0 aliphatic rings. The lowest BCUT2D eigenvalue weighted by molar-refractivity contribution is -0.137. The maximum absolute atomic E-state index is 12.6. The summed E-state index contributed by atoms with van der Waals surface area (Å²) in [6.07, 6.45) is -2.59. The van der Waals surface area contributed by atoms with Crippen LogP contribution in [0.4, 0.5) is 13.2 Å². The van der Waals surface area contributed by atoms with Crippen LogP contribution in [0.1, 0.15) is 18.2 Å². The van der Waals surface area contributed by atoms with Crippen LogP contribution >= 0.6 is 0 Å². The molecule has 1 aromatic heterocycles. The Morgan fingerprint density at radius 1 is 1.28 bits per heavy atom. The van der Waals surface area contributed by atoms with E-state index in [0.29, 0.717) is 17.5 Å². The highest BCUT2D eigenvalue weighted by molar-refractivity contribution is 5.81. The number of rotatable bonds is 2. The molecule has 0 bridgehead atoms. The molecule has 1 heterocycles. The lowest BCUT2D eigenvalue weighted by Crippen LogP contribution is -2.18. The molecular weight excluding hydrogens is 243 g/mol. The summed E-state index contributed by atoms with van der Waals surface area (Å²) in [5.41, 5.74) is 5.92. The van der Waals surface area contributed by atoms with Crippen LogP contribution in [-0.4, -0.2) is 16.0 Å². The second kappa shape index (κ2) is 4.53. The fourth-order valence-electron chi connectivity index (χ4n) is 1.76. The van der Waals surface area contributed by atoms with E-state index in [4.69, 9.17) is 5.73 Å². The molecule has 2 N–H and O–H groups in total. The maximum Gasteiger partial charge on any atom is 0.416 e. The minimum absolute atomic E-state index is 0.106. The Morgan fingerprint density at radius 2 is 2.00 bits per heavy atom. The summed E-state index contributed by atoms with van der Waals surface area (Å²) in [5.74, 6) is 0. The minimum Gasteiger partial charge on any atom is -0.328 e. The summed E-state index contributed by atoms with van der Waals surface area (Å²) in [5, 5.41) is 0.614. The van der Waals surface area contributed by atoms with Gasteiger partial charge >= 0.3 is 6.18 Å². The Hall–Kier alpha value is -1.69. The number of nitrogens with zero attached hydrogens (tertiary/aromatic N) is 2. The fourth-order valence-corrected chi connectivity index (χ4v) is 1.76. The Kier molecular flexibility index (Phi) is 3.21. The van der Waals surface area contributed by atoms with E-state index in [1.807, 2.05) is 6.92 Å². The van der Waals surface area contributed by atoms with Crippen LogP contribution < -0.4 is 5.73 Å². The van der Waals surface area contributed by atoms with Crippen molar-refractivity contribution in [3.05, 3.63) is 35.8 Å². The topological polar surface area (TPSA) is 51.8 Å². The van der Waals surface area contributed by atoms with Crippen molar-refractivity contribution in [2.45, 2.75) is 25.6 Å². The van der Waals surface area contributed by atoms with Gasteiger partial charge in [0, 0.05) is 17.8 Å². The second-order valence-corrected chi connectivity index (χ2v) is 4.23. The van der Waals surface area contributed by atoms with Crippen molar-refractivity contribution >= 4 is 10.9 Å². The molecular formula is C12H12F3N3. The molecule has 0 saturated heterocycles. The van der Waals surface area contributed by atoms with Gasteiger partial charge in [-0.3, -0.25) is 0 Å². The van der Waals surface area contributed by atoms with Gasteiger partial charge in [0.05, 0.1) is 16.8 Å². The van der Waals surface area contributed by atoms with Crippen LogP contribution in [0.3, 0.4) is 0 Å². The lowest BCUT2D eigenvalue weighted by atomic mass is 10.1. The van der Waals surface area contributed by atoms with E-state index in [1.165, 1.54) is 12.4 Å². The first kappa shape index (κ1) is 12.8. The average Bonchev–Trinajstić information content (AvgIpc) is 2.27. The number of hydrogen-bond donors (Lipinski definition) is 1. The summed E-state index contributed by atoms with van der Waals surface area (Å²) in [4.78, 5) is 7.94. The smallest absolute Gasteiger partial charge is 0.328 e. The van der Waals surface area contributed by atoms with Gasteiger partial charge in [-0.2, -0.15) is 13.2 Å². The van der Waals surface area contributed by atoms with Crippen molar-refractivity contribution in [1.82, 2.24) is 9.97 Å². The van der Waals surface area contributed by atoms with Crippen LogP contribution in [0.25, 0.3) is 10.9 Å². The van der Waals surface area contributed by atoms with Gasteiger partial charge in [0.25, 0.3) is 0 Å². The lowest BCUT2D eigenvalue weighted by Gasteiger charge is -2.10. The quantitative estimate of drug-likeness (QED) is 0.897. The number of nitrogens with two attached hydrogens (primary N) is 1. The zero-order chi connectivity index (χ0) is 13.3. The van der Waals surface area contributed by atoms with Gasteiger partial charge in [-0.1, -0.05) is 6.07 Å². The predicted octanol–water partition coefficient (Wildman–Crippen LogP) is 2.54. The van der Waals surface area contributed by atoms with E-state index in [1.54, 1.807) is 0 Å². The number of fused-ring (bicyclic) bond motifs is 1. The summed E-state index contributed by atoms with van der Waals surface area (Å²) in [6, 6.07) is 3.36. The van der Waals surface area contributed by atoms with Crippen molar-refractivity contribution in [3.63, 3.8) is 0 Å². The van der Waals surface area contributed by atoms with Gasteiger partial charge in [-0.15, -0.1) is 0 Å².